The largest absolute Gasteiger partial charge is 0.507 e. The number of ether oxygens (including phenoxy) is 3. The summed E-state index contributed by atoms with van der Waals surface area (Å²) in [5.41, 5.74) is 3.97. The van der Waals surface area contributed by atoms with E-state index in [4.69, 9.17) is 14.2 Å². The molecule has 0 aliphatic carbocycles. The number of nitrogens with zero attached hydrogens (tertiary/aromatic N) is 1. The molecular weight excluding hydrogens is 470 g/mol. The SMILES string of the molecule is COc1ccc(/C(O)=C2/C(=O)C(=O)N(CCc3ccc(OC)c(OC)c3)C2c2cccc(C)c2)c(C)c1. The van der Waals surface area contributed by atoms with Gasteiger partial charge in [-0.2, -0.15) is 0 Å². The van der Waals surface area contributed by atoms with Crippen molar-refractivity contribution in [1.82, 2.24) is 4.90 Å². The molecule has 1 saturated heterocycles. The molecule has 192 valence electrons. The number of carbonyl (C=O) groups is 2. The van der Waals surface area contributed by atoms with Crippen LogP contribution in [0.25, 0.3) is 5.76 Å². The lowest BCUT2D eigenvalue weighted by Gasteiger charge is -2.26. The van der Waals surface area contributed by atoms with Crippen LogP contribution >= 0.6 is 0 Å². The third-order valence-corrected chi connectivity index (χ3v) is 6.68. The van der Waals surface area contributed by atoms with E-state index >= 15 is 0 Å². The van der Waals surface area contributed by atoms with E-state index in [2.05, 4.69) is 0 Å². The number of aliphatic hydroxyl groups excluding tert-OH is 1. The van der Waals surface area contributed by atoms with Crippen LogP contribution in [0.15, 0.2) is 66.2 Å². The Morgan fingerprint density at radius 2 is 1.65 bits per heavy atom. The van der Waals surface area contributed by atoms with Gasteiger partial charge in [-0.05, 0) is 67.3 Å². The molecule has 37 heavy (non-hydrogen) atoms. The van der Waals surface area contributed by atoms with Gasteiger partial charge in [-0.3, -0.25) is 9.59 Å². The topological polar surface area (TPSA) is 85.3 Å². The molecule has 0 aromatic heterocycles. The number of methoxy groups -OCH3 is 3. The molecule has 0 radical (unpaired) electrons. The number of amides is 1. The van der Waals surface area contributed by atoms with Gasteiger partial charge in [-0.1, -0.05) is 35.9 Å². The van der Waals surface area contributed by atoms with Crippen molar-refractivity contribution in [2.24, 2.45) is 0 Å². The molecule has 7 heteroatoms. The van der Waals surface area contributed by atoms with E-state index in [-0.39, 0.29) is 17.9 Å². The molecule has 3 aromatic rings. The Bertz CT molecular complexity index is 1380. The third-order valence-electron chi connectivity index (χ3n) is 6.68. The van der Waals surface area contributed by atoms with Gasteiger partial charge in [0.15, 0.2) is 11.5 Å². The molecule has 1 heterocycles. The molecule has 4 rings (SSSR count). The van der Waals surface area contributed by atoms with E-state index in [1.807, 2.05) is 56.3 Å². The maximum atomic E-state index is 13.4. The number of aliphatic hydroxyl groups is 1. The van der Waals surface area contributed by atoms with Gasteiger partial charge < -0.3 is 24.2 Å². The lowest BCUT2D eigenvalue weighted by Crippen LogP contribution is -2.31. The van der Waals surface area contributed by atoms with Crippen molar-refractivity contribution in [2.45, 2.75) is 26.3 Å². The number of hydrogen-bond acceptors (Lipinski definition) is 6. The first kappa shape index (κ1) is 25.8. The summed E-state index contributed by atoms with van der Waals surface area (Å²) in [6.45, 7) is 4.05. The maximum Gasteiger partial charge on any atom is 0.295 e. The van der Waals surface area contributed by atoms with Crippen LogP contribution in [0.3, 0.4) is 0 Å². The van der Waals surface area contributed by atoms with Crippen LogP contribution in [-0.4, -0.2) is 49.6 Å². The van der Waals surface area contributed by atoms with Crippen LogP contribution in [0.2, 0.25) is 0 Å². The number of likely N-dealkylation sites (tertiary alicyclic amines) is 1. The molecule has 1 fully saturated rings. The summed E-state index contributed by atoms with van der Waals surface area (Å²) in [7, 11) is 4.71. The highest BCUT2D eigenvalue weighted by molar-refractivity contribution is 6.46. The van der Waals surface area contributed by atoms with E-state index in [9.17, 15) is 14.7 Å². The van der Waals surface area contributed by atoms with Crippen LogP contribution in [-0.2, 0) is 16.0 Å². The summed E-state index contributed by atoms with van der Waals surface area (Å²) in [4.78, 5) is 28.2. The highest BCUT2D eigenvalue weighted by atomic mass is 16.5. The normalized spacial score (nSPS) is 16.7. The second kappa shape index (κ2) is 10.8. The summed E-state index contributed by atoms with van der Waals surface area (Å²) in [6, 6.07) is 17.7. The van der Waals surface area contributed by atoms with Crippen LogP contribution in [0.5, 0.6) is 17.2 Å². The minimum Gasteiger partial charge on any atom is -0.507 e. The highest BCUT2D eigenvalue weighted by Crippen LogP contribution is 2.40. The summed E-state index contributed by atoms with van der Waals surface area (Å²) >= 11 is 0. The lowest BCUT2D eigenvalue weighted by molar-refractivity contribution is -0.139. The van der Waals surface area contributed by atoms with Gasteiger partial charge >= 0.3 is 0 Å². The van der Waals surface area contributed by atoms with E-state index in [1.54, 1.807) is 39.5 Å². The third kappa shape index (κ3) is 5.03. The van der Waals surface area contributed by atoms with E-state index in [1.165, 1.54) is 4.90 Å². The van der Waals surface area contributed by atoms with Gasteiger partial charge in [-0.15, -0.1) is 0 Å². The van der Waals surface area contributed by atoms with Gasteiger partial charge in [0.05, 0.1) is 32.9 Å². The number of ketones is 1. The second-order valence-electron chi connectivity index (χ2n) is 9.03. The first-order valence-corrected chi connectivity index (χ1v) is 12.0. The fourth-order valence-electron chi connectivity index (χ4n) is 4.76. The Labute approximate surface area is 216 Å². The molecule has 1 N–H and O–H groups in total. The van der Waals surface area contributed by atoms with Crippen molar-refractivity contribution in [3.63, 3.8) is 0 Å². The van der Waals surface area contributed by atoms with Gasteiger partial charge in [0.2, 0.25) is 0 Å². The average molecular weight is 502 g/mol. The van der Waals surface area contributed by atoms with Crippen LogP contribution in [0, 0.1) is 13.8 Å². The minimum atomic E-state index is -0.721. The van der Waals surface area contributed by atoms with Gasteiger partial charge in [0.1, 0.15) is 11.5 Å². The number of Topliss-reactive ketones (excluding diaryl/α,β-unsaturated/α-hetero) is 1. The number of carbonyl (C=O) groups excluding carboxylic acids is 2. The van der Waals surface area contributed by atoms with Gasteiger partial charge in [0.25, 0.3) is 11.7 Å². The number of aryl methyl sites for hydroxylation is 2. The monoisotopic (exact) mass is 501 g/mol. The molecule has 1 aliphatic heterocycles. The number of hydrogen-bond donors (Lipinski definition) is 1. The van der Waals surface area contributed by atoms with Gasteiger partial charge in [0, 0.05) is 12.1 Å². The molecule has 0 saturated carbocycles. The molecule has 1 unspecified atom stereocenters. The average Bonchev–Trinajstić information content (AvgIpc) is 3.16. The molecule has 1 aliphatic rings. The molecule has 1 amide bonds. The van der Waals surface area contributed by atoms with Crippen LogP contribution < -0.4 is 14.2 Å². The van der Waals surface area contributed by atoms with Crippen molar-refractivity contribution >= 4 is 17.4 Å². The van der Waals surface area contributed by atoms with Gasteiger partial charge in [-0.25, -0.2) is 0 Å². The lowest BCUT2D eigenvalue weighted by atomic mass is 9.93. The zero-order chi connectivity index (χ0) is 26.7. The zero-order valence-corrected chi connectivity index (χ0v) is 21.7. The number of rotatable bonds is 8. The Morgan fingerprint density at radius 1 is 0.892 bits per heavy atom. The number of benzene rings is 3. The Morgan fingerprint density at radius 3 is 2.30 bits per heavy atom. The zero-order valence-electron chi connectivity index (χ0n) is 21.7. The Balaban J connectivity index is 1.77. The van der Waals surface area contributed by atoms with Crippen molar-refractivity contribution in [2.75, 3.05) is 27.9 Å². The predicted molar refractivity (Wildman–Crippen MR) is 141 cm³/mol. The highest BCUT2D eigenvalue weighted by Gasteiger charge is 2.46. The maximum absolute atomic E-state index is 13.4. The quantitative estimate of drug-likeness (QED) is 0.266. The summed E-state index contributed by atoms with van der Waals surface area (Å²) in [5, 5.41) is 11.4. The van der Waals surface area contributed by atoms with Crippen molar-refractivity contribution in [3.8, 4) is 17.2 Å². The van der Waals surface area contributed by atoms with E-state index in [0.717, 1.165) is 22.3 Å². The molecule has 7 nitrogen and oxygen atoms in total. The predicted octanol–water partition coefficient (Wildman–Crippen LogP) is 4.99. The van der Waals surface area contributed by atoms with Crippen molar-refractivity contribution in [1.29, 1.82) is 0 Å². The van der Waals surface area contributed by atoms with E-state index in [0.29, 0.717) is 29.2 Å². The van der Waals surface area contributed by atoms with E-state index < -0.39 is 17.7 Å². The first-order chi connectivity index (χ1) is 17.8. The Kier molecular flexibility index (Phi) is 7.53. The van der Waals surface area contributed by atoms with Crippen molar-refractivity contribution in [3.05, 3.63) is 94.1 Å². The summed E-state index contributed by atoms with van der Waals surface area (Å²) < 4.78 is 16.0. The molecular formula is C30H31NO6. The molecule has 0 spiro atoms. The fourth-order valence-corrected chi connectivity index (χ4v) is 4.76. The molecule has 3 aromatic carbocycles. The first-order valence-electron chi connectivity index (χ1n) is 12.0. The van der Waals surface area contributed by atoms with Crippen LogP contribution in [0.4, 0.5) is 0 Å². The standard InChI is InChI=1S/C30H31NO6/c1-18-7-6-8-21(15-18)27-26(28(32)23-11-10-22(35-3)16-19(23)2)29(33)30(34)31(27)14-13-20-9-12-24(36-4)25(17-20)37-5/h6-12,15-17,27,32H,13-14H2,1-5H3/b28-26-. The summed E-state index contributed by atoms with van der Waals surface area (Å²) in [6.07, 6.45) is 0.483. The molecule has 0 bridgehead atoms. The second-order valence-corrected chi connectivity index (χ2v) is 9.03. The Hall–Kier alpha value is -4.26. The molecule has 1 atom stereocenters. The fraction of sp³-hybridized carbons (Fsp3) is 0.267. The smallest absolute Gasteiger partial charge is 0.295 e. The minimum absolute atomic E-state index is 0.0798. The van der Waals surface area contributed by atoms with Crippen LogP contribution in [0.1, 0.15) is 33.9 Å². The van der Waals surface area contributed by atoms with Crippen molar-refractivity contribution < 1.29 is 28.9 Å². The summed E-state index contributed by atoms with van der Waals surface area (Å²) in [5.74, 6) is 0.304.